The summed E-state index contributed by atoms with van der Waals surface area (Å²) in [5.74, 6) is 1.15. The van der Waals surface area contributed by atoms with E-state index in [-0.39, 0.29) is 0 Å². The molecule has 0 saturated heterocycles. The van der Waals surface area contributed by atoms with E-state index in [0.717, 1.165) is 25.2 Å². The van der Waals surface area contributed by atoms with Crippen LogP contribution >= 0.6 is 15.9 Å². The Labute approximate surface area is 99.4 Å². The first kappa shape index (κ1) is 11.1. The van der Waals surface area contributed by atoms with Crippen LogP contribution in [0.5, 0.6) is 0 Å². The van der Waals surface area contributed by atoms with E-state index in [1.54, 1.807) is 6.33 Å². The van der Waals surface area contributed by atoms with E-state index in [9.17, 15) is 0 Å². The molecule has 1 unspecified atom stereocenters. The second kappa shape index (κ2) is 4.24. The van der Waals surface area contributed by atoms with Gasteiger partial charge in [0.2, 0.25) is 0 Å². The fourth-order valence-electron chi connectivity index (χ4n) is 2.01. The fraction of sp³-hybridized carbons (Fsp3) is 0.818. The molecule has 2 rings (SSSR count). The molecule has 3 nitrogen and oxygen atoms in total. The second-order valence-electron chi connectivity index (χ2n) is 4.55. The molecule has 1 fully saturated rings. The zero-order chi connectivity index (χ0) is 10.9. The van der Waals surface area contributed by atoms with Crippen molar-refractivity contribution in [3.05, 3.63) is 12.2 Å². The predicted molar refractivity (Wildman–Crippen MR) is 64.1 cm³/mol. The number of aromatic nitrogens is 3. The first-order chi connectivity index (χ1) is 7.18. The number of alkyl halides is 1. The largest absolute Gasteiger partial charge is 0.250 e. The van der Waals surface area contributed by atoms with Crippen molar-refractivity contribution in [3.63, 3.8) is 0 Å². The molecular weight excluding hydrogens is 254 g/mol. The third-order valence-corrected chi connectivity index (χ3v) is 4.35. The summed E-state index contributed by atoms with van der Waals surface area (Å²) >= 11 is 3.71. The molecule has 0 amide bonds. The van der Waals surface area contributed by atoms with E-state index in [0.29, 0.717) is 10.2 Å². The van der Waals surface area contributed by atoms with Gasteiger partial charge in [-0.05, 0) is 24.7 Å². The Morgan fingerprint density at radius 3 is 2.87 bits per heavy atom. The number of halogens is 1. The third kappa shape index (κ3) is 2.25. The molecule has 1 atom stereocenters. The molecule has 1 aromatic rings. The average molecular weight is 272 g/mol. The van der Waals surface area contributed by atoms with Crippen molar-refractivity contribution in [1.29, 1.82) is 0 Å². The highest BCUT2D eigenvalue weighted by atomic mass is 79.9. The van der Waals surface area contributed by atoms with Crippen LogP contribution in [0.4, 0.5) is 0 Å². The molecule has 1 saturated carbocycles. The lowest BCUT2D eigenvalue weighted by molar-refractivity contribution is 0.463. The molecule has 0 aromatic carbocycles. The van der Waals surface area contributed by atoms with Crippen molar-refractivity contribution in [2.45, 2.75) is 50.9 Å². The van der Waals surface area contributed by atoms with E-state index in [1.807, 2.05) is 0 Å². The second-order valence-corrected chi connectivity index (χ2v) is 5.93. The van der Waals surface area contributed by atoms with Crippen molar-refractivity contribution in [1.82, 2.24) is 14.8 Å². The highest BCUT2D eigenvalue weighted by molar-refractivity contribution is 9.09. The summed E-state index contributed by atoms with van der Waals surface area (Å²) in [4.78, 5) is 4.95. The van der Waals surface area contributed by atoms with Crippen molar-refractivity contribution >= 4 is 15.9 Å². The van der Waals surface area contributed by atoms with E-state index >= 15 is 0 Å². The van der Waals surface area contributed by atoms with Crippen LogP contribution in [0.15, 0.2) is 6.33 Å². The fourth-order valence-corrected chi connectivity index (χ4v) is 2.63. The summed E-state index contributed by atoms with van der Waals surface area (Å²) in [7, 11) is 0. The van der Waals surface area contributed by atoms with Gasteiger partial charge in [0.25, 0.3) is 0 Å². The Hall–Kier alpha value is -0.380. The Bertz CT molecular complexity index is 328. The van der Waals surface area contributed by atoms with Crippen molar-refractivity contribution in [3.8, 4) is 0 Å². The summed E-state index contributed by atoms with van der Waals surface area (Å²) in [5, 5.41) is 4.27. The molecule has 0 spiro atoms. The van der Waals surface area contributed by atoms with E-state index in [1.165, 1.54) is 12.8 Å². The quantitative estimate of drug-likeness (QED) is 0.772. The highest BCUT2D eigenvalue weighted by Gasteiger charge is 2.47. The minimum Gasteiger partial charge on any atom is -0.250 e. The van der Waals surface area contributed by atoms with Gasteiger partial charge in [-0.15, -0.1) is 0 Å². The van der Waals surface area contributed by atoms with Crippen LogP contribution in [0.1, 0.15) is 38.9 Å². The van der Waals surface area contributed by atoms with Gasteiger partial charge in [-0.1, -0.05) is 29.8 Å². The summed E-state index contributed by atoms with van der Waals surface area (Å²) in [6.07, 6.45) is 6.50. The first-order valence-corrected chi connectivity index (χ1v) is 6.60. The molecule has 0 bridgehead atoms. The van der Waals surface area contributed by atoms with Gasteiger partial charge in [0.05, 0.1) is 0 Å². The minimum absolute atomic E-state index is 0.457. The molecule has 1 heterocycles. The van der Waals surface area contributed by atoms with Gasteiger partial charge in [0, 0.05) is 17.8 Å². The molecule has 15 heavy (non-hydrogen) atoms. The average Bonchev–Trinajstić information content (AvgIpc) is 2.85. The normalized spacial score (nSPS) is 20.2. The van der Waals surface area contributed by atoms with Crippen LogP contribution in [-0.2, 0) is 13.0 Å². The van der Waals surface area contributed by atoms with Crippen LogP contribution < -0.4 is 0 Å². The predicted octanol–water partition coefficient (Wildman–Crippen LogP) is 2.79. The Morgan fingerprint density at radius 2 is 2.33 bits per heavy atom. The van der Waals surface area contributed by atoms with Crippen molar-refractivity contribution in [2.75, 3.05) is 0 Å². The van der Waals surface area contributed by atoms with Gasteiger partial charge in [-0.2, -0.15) is 5.10 Å². The zero-order valence-electron chi connectivity index (χ0n) is 9.41. The van der Waals surface area contributed by atoms with Crippen LogP contribution in [0.2, 0.25) is 0 Å². The molecular formula is C11H18BrN3. The summed E-state index contributed by atoms with van der Waals surface area (Å²) < 4.78 is 2.05. The van der Waals surface area contributed by atoms with Gasteiger partial charge < -0.3 is 0 Å². The molecule has 1 aliphatic rings. The van der Waals surface area contributed by atoms with E-state index in [2.05, 4.69) is 44.5 Å². The Morgan fingerprint density at radius 1 is 1.60 bits per heavy atom. The smallest absolute Gasteiger partial charge is 0.138 e. The maximum absolute atomic E-state index is 4.37. The number of aryl methyl sites for hydroxylation is 1. The van der Waals surface area contributed by atoms with Crippen molar-refractivity contribution in [2.24, 2.45) is 5.41 Å². The topological polar surface area (TPSA) is 30.7 Å². The summed E-state index contributed by atoms with van der Waals surface area (Å²) in [6, 6.07) is 0. The lowest BCUT2D eigenvalue weighted by atomic mass is 9.99. The van der Waals surface area contributed by atoms with E-state index < -0.39 is 0 Å². The SMILES string of the molecule is CCCn1ncnc1CC1(C(C)Br)CC1. The lowest BCUT2D eigenvalue weighted by Crippen LogP contribution is -2.18. The molecule has 0 N–H and O–H groups in total. The van der Waals surface area contributed by atoms with Gasteiger partial charge in [0.15, 0.2) is 0 Å². The molecule has 84 valence electrons. The van der Waals surface area contributed by atoms with Gasteiger partial charge >= 0.3 is 0 Å². The maximum Gasteiger partial charge on any atom is 0.138 e. The first-order valence-electron chi connectivity index (χ1n) is 5.69. The lowest BCUT2D eigenvalue weighted by Gasteiger charge is -2.17. The van der Waals surface area contributed by atoms with E-state index in [4.69, 9.17) is 0 Å². The number of nitrogens with zero attached hydrogens (tertiary/aromatic N) is 3. The highest BCUT2D eigenvalue weighted by Crippen LogP contribution is 2.53. The van der Waals surface area contributed by atoms with Crippen LogP contribution in [0.25, 0.3) is 0 Å². The number of rotatable bonds is 5. The molecule has 0 radical (unpaired) electrons. The molecule has 1 aromatic heterocycles. The van der Waals surface area contributed by atoms with Gasteiger partial charge in [0.1, 0.15) is 12.2 Å². The molecule has 0 aliphatic heterocycles. The summed E-state index contributed by atoms with van der Waals surface area (Å²) in [6.45, 7) is 5.40. The van der Waals surface area contributed by atoms with Crippen LogP contribution in [0.3, 0.4) is 0 Å². The minimum atomic E-state index is 0.457. The standard InChI is InChI=1S/C11H18BrN3/c1-3-6-15-10(13-8-14-15)7-11(4-5-11)9(2)12/h8-9H,3-7H2,1-2H3. The third-order valence-electron chi connectivity index (χ3n) is 3.38. The number of hydrogen-bond acceptors (Lipinski definition) is 2. The van der Waals surface area contributed by atoms with Crippen LogP contribution in [-0.4, -0.2) is 19.6 Å². The molecule has 1 aliphatic carbocycles. The zero-order valence-corrected chi connectivity index (χ0v) is 11.0. The van der Waals surface area contributed by atoms with Gasteiger partial charge in [-0.25, -0.2) is 4.98 Å². The van der Waals surface area contributed by atoms with Crippen LogP contribution in [0, 0.1) is 5.41 Å². The number of hydrogen-bond donors (Lipinski definition) is 0. The Balaban J connectivity index is 2.07. The molecule has 4 heteroatoms. The van der Waals surface area contributed by atoms with Gasteiger partial charge in [-0.3, -0.25) is 4.68 Å². The Kier molecular flexibility index (Phi) is 3.14. The monoisotopic (exact) mass is 271 g/mol. The summed E-state index contributed by atoms with van der Waals surface area (Å²) in [5.41, 5.74) is 0.457. The van der Waals surface area contributed by atoms with Crippen molar-refractivity contribution < 1.29 is 0 Å². The maximum atomic E-state index is 4.37.